The van der Waals surface area contributed by atoms with Gasteiger partial charge in [-0.25, -0.2) is 19.3 Å². The van der Waals surface area contributed by atoms with Crippen LogP contribution in [0.25, 0.3) is 34.1 Å². The topological polar surface area (TPSA) is 167 Å². The number of hydrogen-bond donors (Lipinski definition) is 3. The highest BCUT2D eigenvalue weighted by molar-refractivity contribution is 5.97. The molecule has 1 aliphatic carbocycles. The summed E-state index contributed by atoms with van der Waals surface area (Å²) in [6, 6.07) is 14.8. The fraction of sp³-hybridized carbons (Fsp3) is 0.100. The summed E-state index contributed by atoms with van der Waals surface area (Å²) in [4.78, 5) is 39.5. The highest BCUT2D eigenvalue weighted by Crippen LogP contribution is 2.36. The zero-order valence-corrected chi connectivity index (χ0v) is 22.3. The molecule has 13 heteroatoms. The minimum Gasteiger partial charge on any atom is -0.504 e. The number of anilines is 1. The van der Waals surface area contributed by atoms with Gasteiger partial charge in [0.1, 0.15) is 11.3 Å². The van der Waals surface area contributed by atoms with Gasteiger partial charge in [-0.2, -0.15) is 10.2 Å². The average molecular weight is 576 g/mol. The number of aldehydes is 1. The van der Waals surface area contributed by atoms with Crippen LogP contribution < -0.4 is 11.1 Å². The van der Waals surface area contributed by atoms with Crippen molar-refractivity contribution in [3.05, 3.63) is 101 Å². The smallest absolute Gasteiger partial charge is 0.251 e. The molecule has 0 fully saturated rings. The third kappa shape index (κ3) is 4.43. The summed E-state index contributed by atoms with van der Waals surface area (Å²) in [5.74, 6) is -0.988. The SMILES string of the molecule is Nc1ncccc1-c1nc2ccc(-n3nccn3)nc2n1-c1ccc2c(c1)CC[C@@H]2NC(=O)c1cc(F)c(O)c(C=O)c1. The second-order valence-electron chi connectivity index (χ2n) is 10.00. The van der Waals surface area contributed by atoms with Crippen LogP contribution in [0.4, 0.5) is 10.2 Å². The third-order valence-electron chi connectivity index (χ3n) is 7.44. The molecule has 4 N–H and O–H groups in total. The molecule has 1 atom stereocenters. The second kappa shape index (κ2) is 10.1. The Balaban J connectivity index is 1.28. The van der Waals surface area contributed by atoms with Crippen molar-refractivity contribution in [2.45, 2.75) is 18.9 Å². The number of phenolic OH excluding ortho intramolecular Hbond substituents is 1. The maximum absolute atomic E-state index is 14.1. The monoisotopic (exact) mass is 575 g/mol. The van der Waals surface area contributed by atoms with Crippen molar-refractivity contribution in [1.29, 1.82) is 0 Å². The molecule has 212 valence electrons. The third-order valence-corrected chi connectivity index (χ3v) is 7.44. The van der Waals surface area contributed by atoms with Crippen LogP contribution in [0.5, 0.6) is 5.75 Å². The second-order valence-corrected chi connectivity index (χ2v) is 10.00. The van der Waals surface area contributed by atoms with Crippen LogP contribution in [-0.2, 0) is 6.42 Å². The predicted octanol–water partition coefficient (Wildman–Crippen LogP) is 3.72. The van der Waals surface area contributed by atoms with E-state index in [4.69, 9.17) is 15.7 Å². The summed E-state index contributed by atoms with van der Waals surface area (Å²) in [5.41, 5.74) is 10.4. The summed E-state index contributed by atoms with van der Waals surface area (Å²) >= 11 is 0. The molecule has 0 spiro atoms. The van der Waals surface area contributed by atoms with E-state index in [1.807, 2.05) is 34.9 Å². The Hall–Kier alpha value is -5.98. The van der Waals surface area contributed by atoms with Crippen LogP contribution in [-0.4, -0.2) is 51.8 Å². The summed E-state index contributed by atoms with van der Waals surface area (Å²) in [5, 5.41) is 21.0. The summed E-state index contributed by atoms with van der Waals surface area (Å²) in [6.07, 6.45) is 6.34. The number of rotatable bonds is 6. The van der Waals surface area contributed by atoms with Gasteiger partial charge < -0.3 is 16.2 Å². The van der Waals surface area contributed by atoms with Gasteiger partial charge >= 0.3 is 0 Å². The Morgan fingerprint density at radius 2 is 1.91 bits per heavy atom. The number of nitrogens with two attached hydrogens (primary N) is 1. The Bertz CT molecular complexity index is 2060. The number of benzene rings is 2. The standard InChI is InChI=1S/C30H22FN9O3/c31-22-14-17(12-18(15-41)26(22)42)30(43)37-23-6-3-16-13-19(4-5-20(16)23)39-28(21-2-1-9-33-27(21)32)36-24-7-8-25(38-29(24)39)40-34-10-11-35-40/h1-2,4-5,7-15,23,42H,3,6H2,(H2,32,33)(H,37,43)/t23-/m0/s1. The van der Waals surface area contributed by atoms with E-state index in [9.17, 15) is 19.1 Å². The van der Waals surface area contributed by atoms with E-state index in [0.29, 0.717) is 53.3 Å². The number of halogens is 1. The number of phenols is 1. The van der Waals surface area contributed by atoms with Crippen LogP contribution in [0, 0.1) is 5.82 Å². The fourth-order valence-electron chi connectivity index (χ4n) is 5.40. The molecule has 6 aromatic rings. The number of nitrogen functional groups attached to an aromatic ring is 1. The molecule has 0 bridgehead atoms. The van der Waals surface area contributed by atoms with E-state index in [2.05, 4.69) is 20.5 Å². The van der Waals surface area contributed by atoms with Crippen molar-refractivity contribution in [2.75, 3.05) is 5.73 Å². The van der Waals surface area contributed by atoms with E-state index in [0.717, 1.165) is 28.9 Å². The van der Waals surface area contributed by atoms with Crippen molar-refractivity contribution in [3.63, 3.8) is 0 Å². The number of fused-ring (bicyclic) bond motifs is 2. The number of aromatic hydroxyl groups is 1. The molecule has 0 aliphatic heterocycles. The molecule has 2 aromatic carbocycles. The van der Waals surface area contributed by atoms with Crippen LogP contribution in [0.1, 0.15) is 44.3 Å². The number of aromatic nitrogens is 7. The first-order chi connectivity index (χ1) is 20.9. The molecule has 0 unspecified atom stereocenters. The normalized spacial score (nSPS) is 14.1. The van der Waals surface area contributed by atoms with E-state index in [1.54, 1.807) is 30.7 Å². The lowest BCUT2D eigenvalue weighted by Crippen LogP contribution is -2.27. The van der Waals surface area contributed by atoms with E-state index >= 15 is 0 Å². The summed E-state index contributed by atoms with van der Waals surface area (Å²) < 4.78 is 16.0. The molecule has 0 saturated heterocycles. The number of carbonyl (C=O) groups excluding carboxylic acids is 2. The van der Waals surface area contributed by atoms with E-state index < -0.39 is 17.5 Å². The first-order valence-corrected chi connectivity index (χ1v) is 13.3. The maximum Gasteiger partial charge on any atom is 0.251 e. The highest BCUT2D eigenvalue weighted by Gasteiger charge is 2.27. The van der Waals surface area contributed by atoms with E-state index in [-0.39, 0.29) is 17.2 Å². The first kappa shape index (κ1) is 26.0. The lowest BCUT2D eigenvalue weighted by molar-refractivity contribution is 0.0936. The molecule has 4 heterocycles. The molecule has 1 amide bonds. The van der Waals surface area contributed by atoms with Crippen molar-refractivity contribution < 1.29 is 19.1 Å². The zero-order chi connectivity index (χ0) is 29.7. The summed E-state index contributed by atoms with van der Waals surface area (Å²) in [6.45, 7) is 0. The van der Waals surface area contributed by atoms with Crippen LogP contribution in [0.15, 0.2) is 73.2 Å². The number of nitrogens with zero attached hydrogens (tertiary/aromatic N) is 7. The predicted molar refractivity (Wildman–Crippen MR) is 153 cm³/mol. The zero-order valence-electron chi connectivity index (χ0n) is 22.3. The number of amides is 1. The Kier molecular flexibility index (Phi) is 6.12. The number of aryl methyl sites for hydroxylation is 1. The van der Waals surface area contributed by atoms with Gasteiger partial charge in [-0.15, -0.1) is 4.80 Å². The average Bonchev–Trinajstić information content (AvgIpc) is 3.77. The largest absolute Gasteiger partial charge is 0.504 e. The highest BCUT2D eigenvalue weighted by atomic mass is 19.1. The van der Waals surface area contributed by atoms with E-state index in [1.165, 1.54) is 4.80 Å². The minimum absolute atomic E-state index is 0.0559. The van der Waals surface area contributed by atoms with Crippen molar-refractivity contribution in [3.8, 4) is 28.6 Å². The van der Waals surface area contributed by atoms with Gasteiger partial charge in [0.15, 0.2) is 35.1 Å². The van der Waals surface area contributed by atoms with Crippen molar-refractivity contribution in [2.24, 2.45) is 0 Å². The van der Waals surface area contributed by atoms with Gasteiger partial charge in [-0.3, -0.25) is 14.2 Å². The quantitative estimate of drug-likeness (QED) is 0.251. The van der Waals surface area contributed by atoms with Gasteiger partial charge in [0.2, 0.25) is 0 Å². The van der Waals surface area contributed by atoms with Gasteiger partial charge in [0.05, 0.1) is 29.6 Å². The fourth-order valence-corrected chi connectivity index (χ4v) is 5.40. The molecule has 4 aromatic heterocycles. The minimum atomic E-state index is -1.04. The molecule has 0 radical (unpaired) electrons. The lowest BCUT2D eigenvalue weighted by Gasteiger charge is -2.16. The Morgan fingerprint density at radius 3 is 2.70 bits per heavy atom. The number of nitrogens with one attached hydrogen (secondary N) is 1. The van der Waals surface area contributed by atoms with Gasteiger partial charge in [-0.1, -0.05) is 6.07 Å². The van der Waals surface area contributed by atoms with Crippen LogP contribution in [0.2, 0.25) is 0 Å². The van der Waals surface area contributed by atoms with Crippen molar-refractivity contribution >= 4 is 29.2 Å². The van der Waals surface area contributed by atoms with Crippen LogP contribution >= 0.6 is 0 Å². The molecular formula is C30H22FN9O3. The Labute approximate surface area is 242 Å². The number of pyridine rings is 2. The van der Waals surface area contributed by atoms with Crippen LogP contribution in [0.3, 0.4) is 0 Å². The molecule has 0 saturated carbocycles. The molecular weight excluding hydrogens is 553 g/mol. The number of carbonyl (C=O) groups is 2. The molecule has 7 rings (SSSR count). The first-order valence-electron chi connectivity index (χ1n) is 13.3. The van der Waals surface area contributed by atoms with Crippen molar-refractivity contribution in [1.82, 2.24) is 39.8 Å². The Morgan fingerprint density at radius 1 is 1.07 bits per heavy atom. The maximum atomic E-state index is 14.1. The van der Waals surface area contributed by atoms with Gasteiger partial charge in [0, 0.05) is 17.4 Å². The van der Waals surface area contributed by atoms with Gasteiger partial charge in [-0.05, 0) is 72.5 Å². The van der Waals surface area contributed by atoms with Gasteiger partial charge in [0.25, 0.3) is 5.91 Å². The molecule has 12 nitrogen and oxygen atoms in total. The summed E-state index contributed by atoms with van der Waals surface area (Å²) in [7, 11) is 0. The molecule has 43 heavy (non-hydrogen) atoms. The number of imidazole rings is 1. The lowest BCUT2D eigenvalue weighted by atomic mass is 10.1. The number of hydrogen-bond acceptors (Lipinski definition) is 9. The molecule has 1 aliphatic rings.